The van der Waals surface area contributed by atoms with Crippen LogP contribution in [0.3, 0.4) is 0 Å². The molecule has 0 saturated carbocycles. The van der Waals surface area contributed by atoms with Gasteiger partial charge in [0.15, 0.2) is 22.8 Å². The van der Waals surface area contributed by atoms with E-state index in [1.807, 2.05) is 0 Å². The van der Waals surface area contributed by atoms with Crippen LogP contribution < -0.4 is 16.4 Å². The van der Waals surface area contributed by atoms with Crippen LogP contribution in [-0.2, 0) is 50.7 Å². The lowest BCUT2D eigenvalue weighted by Crippen LogP contribution is -2.46. The lowest BCUT2D eigenvalue weighted by atomic mass is 9.87. The fourth-order valence-electron chi connectivity index (χ4n) is 7.06. The van der Waals surface area contributed by atoms with Crippen molar-refractivity contribution < 1.29 is 80.5 Å². The van der Waals surface area contributed by atoms with Crippen LogP contribution in [0.5, 0.6) is 0 Å². The number of aromatic nitrogens is 4. The molecule has 69 heavy (non-hydrogen) atoms. The molecule has 10 N–H and O–H groups in total. The Balaban J connectivity index is 1.28. The van der Waals surface area contributed by atoms with E-state index < -0.39 is 84.6 Å². The SMILES string of the molecule is CCCCCCCC/C=C\CCCCCCCCCC(=O)SCCNC(=O)CCNC(=O)C(O)C(C)(C)COP(=O)(O)OP(=O)(O)OC[C@H]1O[C@@H](n2cnc3c(N)ncnc32)[C@H](O)[C@@H]1OP(=O)(O)O. The number of ether oxygens (including phenoxy) is 1. The molecule has 1 aliphatic heterocycles. The van der Waals surface area contributed by atoms with Gasteiger partial charge in [0.1, 0.15) is 36.3 Å². The summed E-state index contributed by atoms with van der Waals surface area (Å²) in [5, 5.41) is 26.7. The maximum atomic E-state index is 12.7. The quantitative estimate of drug-likeness (QED) is 0.0232. The van der Waals surface area contributed by atoms with Gasteiger partial charge in [-0.05, 0) is 32.1 Å². The van der Waals surface area contributed by atoms with Crippen molar-refractivity contribution in [3.63, 3.8) is 0 Å². The van der Waals surface area contributed by atoms with E-state index in [-0.39, 0.29) is 41.6 Å². The molecule has 2 aromatic heterocycles. The molecule has 2 amide bonds. The van der Waals surface area contributed by atoms with Gasteiger partial charge in [-0.3, -0.25) is 32.5 Å². The number of phosphoric ester groups is 3. The molecule has 0 radical (unpaired) electrons. The summed E-state index contributed by atoms with van der Waals surface area (Å²) < 4.78 is 62.5. The molecular weight excluding hydrogens is 987 g/mol. The number of aliphatic hydroxyl groups is 2. The molecule has 24 nitrogen and oxygen atoms in total. The zero-order chi connectivity index (χ0) is 51.1. The molecule has 7 atom stereocenters. The van der Waals surface area contributed by atoms with Gasteiger partial charge in [-0.15, -0.1) is 0 Å². The Morgan fingerprint density at radius 2 is 1.48 bits per heavy atom. The number of allylic oxidation sites excluding steroid dienone is 2. The predicted molar refractivity (Wildman–Crippen MR) is 256 cm³/mol. The van der Waals surface area contributed by atoms with E-state index in [1.165, 1.54) is 84.5 Å². The van der Waals surface area contributed by atoms with Crippen molar-refractivity contribution in [1.82, 2.24) is 30.2 Å². The number of unbranched alkanes of at least 4 members (excludes halogenated alkanes) is 13. The van der Waals surface area contributed by atoms with Crippen molar-refractivity contribution in [2.24, 2.45) is 5.41 Å². The Morgan fingerprint density at radius 3 is 2.12 bits per heavy atom. The van der Waals surface area contributed by atoms with Crippen LogP contribution in [0.15, 0.2) is 24.8 Å². The van der Waals surface area contributed by atoms with Crippen molar-refractivity contribution >= 4 is 69.1 Å². The third-order valence-electron chi connectivity index (χ3n) is 10.9. The molecule has 3 rings (SSSR count). The van der Waals surface area contributed by atoms with E-state index in [4.69, 9.17) is 19.5 Å². The van der Waals surface area contributed by atoms with Gasteiger partial charge in [-0.25, -0.2) is 28.6 Å². The molecule has 0 spiro atoms. The first-order chi connectivity index (χ1) is 32.6. The maximum Gasteiger partial charge on any atom is 0.481 e. The summed E-state index contributed by atoms with van der Waals surface area (Å²) >= 11 is 1.15. The molecule has 2 aromatic rings. The predicted octanol–water partition coefficient (Wildman–Crippen LogP) is 5.48. The summed E-state index contributed by atoms with van der Waals surface area (Å²) in [5.41, 5.74) is 4.29. The van der Waals surface area contributed by atoms with Crippen LogP contribution in [0.4, 0.5) is 5.82 Å². The van der Waals surface area contributed by atoms with Gasteiger partial charge >= 0.3 is 23.5 Å². The van der Waals surface area contributed by atoms with Crippen LogP contribution in [-0.4, -0.2) is 123 Å². The summed E-state index contributed by atoms with van der Waals surface area (Å²) in [5.74, 6) is -1.03. The molecule has 28 heteroatoms. The summed E-state index contributed by atoms with van der Waals surface area (Å²) in [6, 6.07) is 0. The Bertz CT molecular complexity index is 2080. The number of hydrogen-bond donors (Lipinski definition) is 9. The molecule has 3 unspecified atom stereocenters. The molecule has 0 aromatic carbocycles. The van der Waals surface area contributed by atoms with Crippen molar-refractivity contribution in [2.75, 3.05) is 37.8 Å². The topological polar surface area (TPSA) is 364 Å². The lowest BCUT2D eigenvalue weighted by molar-refractivity contribution is -0.137. The minimum Gasteiger partial charge on any atom is -0.386 e. The number of aliphatic hydroxyl groups excluding tert-OH is 2. The van der Waals surface area contributed by atoms with E-state index >= 15 is 0 Å². The smallest absolute Gasteiger partial charge is 0.386 e. The average molecular weight is 1060 g/mol. The number of nitrogens with two attached hydrogens (primary N) is 1. The standard InChI is InChI=1S/C41H72N7O17P3S/c1-4-5-6-7-8-9-10-11-12-13-14-15-16-17-18-19-20-21-32(50)69-25-24-43-31(49)22-23-44-39(53)36(52)41(2,3)27-62-68(59,60)65-67(57,58)61-26-30-35(64-66(54,55)56)34(51)40(63-30)48-29-47-33-37(42)45-28-46-38(33)48/h11-12,28-30,34-36,40,51-52H,4-10,13-27H2,1-3H3,(H,43,49)(H,44,53)(H,57,58)(H,59,60)(H2,42,45,46)(H2,54,55,56)/b12-11-/t30-,34-,35-,36?,40-/m1/s1. The van der Waals surface area contributed by atoms with E-state index in [2.05, 4.69) is 53.5 Å². The number of hydrogen-bond acceptors (Lipinski definition) is 18. The van der Waals surface area contributed by atoms with Crippen molar-refractivity contribution in [1.29, 1.82) is 0 Å². The Labute approximate surface area is 407 Å². The number of thioether (sulfide) groups is 1. The Hall–Kier alpha value is -2.70. The van der Waals surface area contributed by atoms with Crippen LogP contribution >= 0.6 is 35.2 Å². The van der Waals surface area contributed by atoms with Gasteiger partial charge in [-0.1, -0.05) is 109 Å². The van der Waals surface area contributed by atoms with Crippen LogP contribution in [0.1, 0.15) is 136 Å². The fourth-order valence-corrected chi connectivity index (χ4v) is 10.6. The van der Waals surface area contributed by atoms with Gasteiger partial charge in [-0.2, -0.15) is 4.31 Å². The minimum atomic E-state index is -5.58. The Morgan fingerprint density at radius 1 is 0.870 bits per heavy atom. The first-order valence-electron chi connectivity index (χ1n) is 23.3. The van der Waals surface area contributed by atoms with Crippen molar-refractivity contribution in [3.05, 3.63) is 24.8 Å². The fraction of sp³-hybridized carbons (Fsp3) is 0.756. The van der Waals surface area contributed by atoms with Crippen LogP contribution in [0.25, 0.3) is 11.2 Å². The van der Waals surface area contributed by atoms with E-state index in [9.17, 15) is 57.9 Å². The highest BCUT2D eigenvalue weighted by Gasteiger charge is 2.50. The molecule has 0 bridgehead atoms. The lowest BCUT2D eigenvalue weighted by Gasteiger charge is -2.30. The number of phosphoric acid groups is 3. The third kappa shape index (κ3) is 23.2. The number of anilines is 1. The molecule has 0 aliphatic carbocycles. The number of nitrogen functional groups attached to an aromatic ring is 1. The monoisotopic (exact) mass is 1060 g/mol. The molecule has 1 aliphatic rings. The second-order valence-electron chi connectivity index (χ2n) is 17.3. The summed E-state index contributed by atoms with van der Waals surface area (Å²) in [6.45, 7) is 2.81. The van der Waals surface area contributed by atoms with Crippen molar-refractivity contribution in [2.45, 2.75) is 161 Å². The van der Waals surface area contributed by atoms with E-state index in [0.717, 1.165) is 54.7 Å². The van der Waals surface area contributed by atoms with Gasteiger partial charge in [0.2, 0.25) is 11.8 Å². The second-order valence-corrected chi connectivity index (χ2v) is 22.7. The number of nitrogens with zero attached hydrogens (tertiary/aromatic N) is 4. The number of carbonyl (C=O) groups is 3. The highest BCUT2D eigenvalue weighted by Crippen LogP contribution is 2.61. The molecular formula is C41H72N7O17P3S. The molecule has 394 valence electrons. The zero-order valence-corrected chi connectivity index (χ0v) is 43.0. The van der Waals surface area contributed by atoms with Crippen molar-refractivity contribution in [3.8, 4) is 0 Å². The molecule has 1 saturated heterocycles. The highest BCUT2D eigenvalue weighted by atomic mass is 32.2. The summed E-state index contributed by atoms with van der Waals surface area (Å²) in [4.78, 5) is 88.4. The summed E-state index contributed by atoms with van der Waals surface area (Å²) in [7, 11) is -16.4. The van der Waals surface area contributed by atoms with Crippen LogP contribution in [0.2, 0.25) is 0 Å². The highest BCUT2D eigenvalue weighted by molar-refractivity contribution is 8.13. The largest absolute Gasteiger partial charge is 0.481 e. The number of nitrogens with one attached hydrogen (secondary N) is 2. The normalized spacial score (nSPS) is 20.0. The van der Waals surface area contributed by atoms with Crippen LogP contribution in [0, 0.1) is 5.41 Å². The molecule has 3 heterocycles. The van der Waals surface area contributed by atoms with Gasteiger partial charge in [0, 0.05) is 37.1 Å². The minimum absolute atomic E-state index is 0.0334. The average Bonchev–Trinajstić information content (AvgIpc) is 3.84. The van der Waals surface area contributed by atoms with Gasteiger partial charge in [0.25, 0.3) is 0 Å². The first-order valence-corrected chi connectivity index (χ1v) is 28.8. The number of rotatable bonds is 36. The molecule has 1 fully saturated rings. The number of fused-ring (bicyclic) bond motifs is 1. The number of carbonyl (C=O) groups excluding carboxylic acids is 3. The third-order valence-corrected chi connectivity index (χ3v) is 14.9. The number of amides is 2. The Kier molecular flexibility index (Phi) is 26.7. The van der Waals surface area contributed by atoms with Gasteiger partial charge in [0.05, 0.1) is 19.5 Å². The van der Waals surface area contributed by atoms with E-state index in [0.29, 0.717) is 12.2 Å². The summed E-state index contributed by atoms with van der Waals surface area (Å²) in [6.07, 6.45) is 16.3. The van der Waals surface area contributed by atoms with E-state index in [1.54, 1.807) is 0 Å². The zero-order valence-electron chi connectivity index (χ0n) is 39.5. The maximum absolute atomic E-state index is 12.7. The van der Waals surface area contributed by atoms with Gasteiger partial charge < -0.3 is 50.9 Å². The number of imidazole rings is 1. The second kappa shape index (κ2) is 30.4. The first kappa shape index (κ1) is 60.6.